The summed E-state index contributed by atoms with van der Waals surface area (Å²) in [7, 11) is 0. The van der Waals surface area contributed by atoms with Gasteiger partial charge in [0.15, 0.2) is 0 Å². The molecule has 1 heterocycles. The highest BCUT2D eigenvalue weighted by Crippen LogP contribution is 2.33. The SMILES string of the molecule is O=C(CCc1nc2ccccc2[nH]c1=O)Nc1cc(C(F)(F)F)ccc1Cl. The second-order valence-corrected chi connectivity index (χ2v) is 6.18. The summed E-state index contributed by atoms with van der Waals surface area (Å²) in [6.07, 6.45) is -4.66. The highest BCUT2D eigenvalue weighted by atomic mass is 35.5. The molecule has 0 atom stereocenters. The lowest BCUT2D eigenvalue weighted by atomic mass is 10.1. The molecule has 0 radical (unpaired) electrons. The number of nitrogens with zero attached hydrogens (tertiary/aromatic N) is 1. The van der Waals surface area contributed by atoms with Crippen molar-refractivity contribution in [2.75, 3.05) is 5.32 Å². The van der Waals surface area contributed by atoms with Crippen molar-refractivity contribution < 1.29 is 18.0 Å². The van der Waals surface area contributed by atoms with Gasteiger partial charge in [0.1, 0.15) is 5.69 Å². The molecule has 0 aliphatic carbocycles. The van der Waals surface area contributed by atoms with Crippen LogP contribution in [-0.2, 0) is 17.4 Å². The number of fused-ring (bicyclic) bond motifs is 1. The number of carbonyl (C=O) groups is 1. The molecule has 0 saturated carbocycles. The third-order valence-corrected chi connectivity index (χ3v) is 4.16. The van der Waals surface area contributed by atoms with Crippen LogP contribution >= 0.6 is 11.6 Å². The van der Waals surface area contributed by atoms with Crippen LogP contribution in [0, 0.1) is 0 Å². The molecule has 0 fully saturated rings. The van der Waals surface area contributed by atoms with Gasteiger partial charge in [-0.05, 0) is 30.3 Å². The fraction of sp³-hybridized carbons (Fsp3) is 0.167. The summed E-state index contributed by atoms with van der Waals surface area (Å²) in [6, 6.07) is 9.60. The van der Waals surface area contributed by atoms with E-state index in [0.717, 1.165) is 18.2 Å². The van der Waals surface area contributed by atoms with Crippen molar-refractivity contribution in [1.29, 1.82) is 0 Å². The average Bonchev–Trinajstić information content (AvgIpc) is 2.61. The first-order valence-electron chi connectivity index (χ1n) is 7.88. The standard InChI is InChI=1S/C18H13ClF3N3O2/c19-11-6-5-10(18(20,21)22)9-15(11)24-16(26)8-7-14-17(27)25-13-4-2-1-3-12(13)23-14/h1-6,9H,7-8H2,(H,24,26)(H,25,27). The Kier molecular flexibility index (Phi) is 5.18. The first kappa shape index (κ1) is 18.9. The van der Waals surface area contributed by atoms with Crippen LogP contribution in [0.25, 0.3) is 11.0 Å². The molecule has 9 heteroatoms. The Labute approximate surface area is 156 Å². The Balaban J connectivity index is 1.72. The van der Waals surface area contributed by atoms with Crippen LogP contribution in [0.3, 0.4) is 0 Å². The van der Waals surface area contributed by atoms with Crippen LogP contribution in [0.4, 0.5) is 18.9 Å². The Bertz CT molecular complexity index is 1060. The quantitative estimate of drug-likeness (QED) is 0.696. The van der Waals surface area contributed by atoms with Gasteiger partial charge in [-0.25, -0.2) is 4.98 Å². The molecule has 0 aliphatic rings. The van der Waals surface area contributed by atoms with E-state index in [1.807, 2.05) is 0 Å². The molecular formula is C18H13ClF3N3O2. The number of hydrogen-bond acceptors (Lipinski definition) is 3. The van der Waals surface area contributed by atoms with Crippen molar-refractivity contribution in [3.05, 3.63) is 69.1 Å². The van der Waals surface area contributed by atoms with Crippen LogP contribution in [0.2, 0.25) is 5.02 Å². The number of nitrogens with one attached hydrogen (secondary N) is 2. The number of aromatic nitrogens is 2. The number of aryl methyl sites for hydroxylation is 1. The first-order chi connectivity index (χ1) is 12.7. The van der Waals surface area contributed by atoms with Crippen LogP contribution in [-0.4, -0.2) is 15.9 Å². The van der Waals surface area contributed by atoms with Crippen molar-refractivity contribution >= 4 is 34.2 Å². The predicted octanol–water partition coefficient (Wildman–Crippen LogP) is 4.17. The van der Waals surface area contributed by atoms with Gasteiger partial charge in [-0.2, -0.15) is 13.2 Å². The number of halogens is 4. The zero-order chi connectivity index (χ0) is 19.6. The largest absolute Gasteiger partial charge is 0.416 e. The van der Waals surface area contributed by atoms with Crippen molar-refractivity contribution in [3.8, 4) is 0 Å². The van der Waals surface area contributed by atoms with Crippen molar-refractivity contribution in [2.24, 2.45) is 0 Å². The monoisotopic (exact) mass is 395 g/mol. The smallest absolute Gasteiger partial charge is 0.325 e. The van der Waals surface area contributed by atoms with Gasteiger partial charge < -0.3 is 10.3 Å². The molecule has 2 N–H and O–H groups in total. The van der Waals surface area contributed by atoms with Gasteiger partial charge in [-0.3, -0.25) is 9.59 Å². The van der Waals surface area contributed by atoms with Crippen molar-refractivity contribution in [3.63, 3.8) is 0 Å². The second kappa shape index (κ2) is 7.40. The summed E-state index contributed by atoms with van der Waals surface area (Å²) in [4.78, 5) is 31.0. The molecule has 1 aromatic heterocycles. The maximum Gasteiger partial charge on any atom is 0.416 e. The Hall–Kier alpha value is -2.87. The van der Waals surface area contributed by atoms with Gasteiger partial charge in [0.25, 0.3) is 5.56 Å². The van der Waals surface area contributed by atoms with E-state index in [0.29, 0.717) is 11.0 Å². The Morgan fingerprint density at radius 2 is 1.93 bits per heavy atom. The highest BCUT2D eigenvalue weighted by molar-refractivity contribution is 6.33. The zero-order valence-electron chi connectivity index (χ0n) is 13.7. The number of benzene rings is 2. The molecule has 3 rings (SSSR count). The number of para-hydroxylation sites is 2. The maximum absolute atomic E-state index is 12.8. The highest BCUT2D eigenvalue weighted by Gasteiger charge is 2.31. The van der Waals surface area contributed by atoms with Crippen molar-refractivity contribution in [1.82, 2.24) is 9.97 Å². The lowest BCUT2D eigenvalue weighted by molar-refractivity contribution is -0.137. The molecule has 27 heavy (non-hydrogen) atoms. The fourth-order valence-corrected chi connectivity index (χ4v) is 2.64. The number of H-pyrrole nitrogens is 1. The summed E-state index contributed by atoms with van der Waals surface area (Å²) in [5.41, 5.74) is -0.163. The van der Waals surface area contributed by atoms with Gasteiger partial charge >= 0.3 is 6.18 Å². The minimum absolute atomic E-state index is 0.0157. The molecule has 0 aliphatic heterocycles. The van der Waals surface area contributed by atoms with E-state index in [2.05, 4.69) is 15.3 Å². The minimum atomic E-state index is -4.55. The molecule has 2 aromatic carbocycles. The van der Waals surface area contributed by atoms with E-state index in [1.165, 1.54) is 0 Å². The predicted molar refractivity (Wildman–Crippen MR) is 95.8 cm³/mol. The van der Waals surface area contributed by atoms with E-state index < -0.39 is 23.2 Å². The molecular weight excluding hydrogens is 383 g/mol. The van der Waals surface area contributed by atoms with E-state index in [9.17, 15) is 22.8 Å². The molecule has 0 bridgehead atoms. The van der Waals surface area contributed by atoms with Gasteiger partial charge in [-0.15, -0.1) is 0 Å². The van der Waals surface area contributed by atoms with Gasteiger partial charge in [0.2, 0.25) is 5.91 Å². The fourth-order valence-electron chi connectivity index (χ4n) is 2.48. The van der Waals surface area contributed by atoms with E-state index in [1.54, 1.807) is 24.3 Å². The van der Waals surface area contributed by atoms with Crippen LogP contribution in [0.1, 0.15) is 17.7 Å². The van der Waals surface area contributed by atoms with E-state index >= 15 is 0 Å². The summed E-state index contributed by atoms with van der Waals surface area (Å²) >= 11 is 5.85. The first-order valence-corrected chi connectivity index (χ1v) is 8.26. The summed E-state index contributed by atoms with van der Waals surface area (Å²) < 4.78 is 38.3. The number of rotatable bonds is 4. The maximum atomic E-state index is 12.8. The van der Waals surface area contributed by atoms with Gasteiger partial charge in [0.05, 0.1) is 27.3 Å². The molecule has 0 saturated heterocycles. The number of aromatic amines is 1. The zero-order valence-corrected chi connectivity index (χ0v) is 14.5. The third kappa shape index (κ3) is 4.46. The molecule has 3 aromatic rings. The molecule has 0 unspecified atom stereocenters. The Morgan fingerprint density at radius 3 is 2.67 bits per heavy atom. The normalized spacial score (nSPS) is 11.6. The molecule has 0 spiro atoms. The number of alkyl halides is 3. The van der Waals surface area contributed by atoms with E-state index in [4.69, 9.17) is 11.6 Å². The summed E-state index contributed by atoms with van der Waals surface area (Å²) in [6.45, 7) is 0. The summed E-state index contributed by atoms with van der Waals surface area (Å²) in [5.74, 6) is -0.578. The lowest BCUT2D eigenvalue weighted by Crippen LogP contribution is -2.19. The topological polar surface area (TPSA) is 74.8 Å². The second-order valence-electron chi connectivity index (χ2n) is 5.77. The Morgan fingerprint density at radius 1 is 1.19 bits per heavy atom. The summed E-state index contributed by atoms with van der Waals surface area (Å²) in [5, 5.41) is 2.32. The van der Waals surface area contributed by atoms with E-state index in [-0.39, 0.29) is 29.2 Å². The lowest BCUT2D eigenvalue weighted by Gasteiger charge is -2.11. The molecule has 1 amide bonds. The number of hydrogen-bond donors (Lipinski definition) is 2. The van der Waals surface area contributed by atoms with Crippen LogP contribution in [0.5, 0.6) is 0 Å². The number of anilines is 1. The molecule has 140 valence electrons. The van der Waals surface area contributed by atoms with Gasteiger partial charge in [0, 0.05) is 12.8 Å². The number of carbonyl (C=O) groups excluding carboxylic acids is 1. The minimum Gasteiger partial charge on any atom is -0.325 e. The van der Waals surface area contributed by atoms with Crippen LogP contribution < -0.4 is 10.9 Å². The third-order valence-electron chi connectivity index (χ3n) is 3.83. The van der Waals surface area contributed by atoms with Crippen molar-refractivity contribution in [2.45, 2.75) is 19.0 Å². The number of amides is 1. The average molecular weight is 396 g/mol. The molecule has 5 nitrogen and oxygen atoms in total. The van der Waals surface area contributed by atoms with Crippen LogP contribution in [0.15, 0.2) is 47.3 Å². The van der Waals surface area contributed by atoms with Gasteiger partial charge in [-0.1, -0.05) is 23.7 Å².